The first kappa shape index (κ1) is 44.0. The maximum absolute atomic E-state index is 6.90. The number of nitrogens with two attached hydrogens (primary N) is 1. The molecule has 4 aromatic rings. The molecule has 0 amide bonds. The Hall–Kier alpha value is -4.12. The van der Waals surface area contributed by atoms with Crippen molar-refractivity contribution in [1.29, 1.82) is 0 Å². The zero-order valence-electron chi connectivity index (χ0n) is 37.8. The Morgan fingerprint density at radius 2 is 0.561 bits per heavy atom. The summed E-state index contributed by atoms with van der Waals surface area (Å²) in [6, 6.07) is 18.5. The molecule has 310 valence electrons. The summed E-state index contributed by atoms with van der Waals surface area (Å²) in [6.45, 7) is 32.0. The molecule has 5 heteroatoms. The molecule has 0 aliphatic heterocycles. The molecule has 0 heterocycles. The van der Waals surface area contributed by atoms with Gasteiger partial charge in [0, 0.05) is 42.5 Å². The number of hydrogen-bond donors (Lipinski definition) is 1. The quantitative estimate of drug-likeness (QED) is 0.128. The number of fused-ring (bicyclic) bond motifs is 8. The number of ether oxygens (including phenoxy) is 4. The van der Waals surface area contributed by atoms with E-state index >= 15 is 0 Å². The topological polar surface area (TPSA) is 62.9 Å². The van der Waals surface area contributed by atoms with Gasteiger partial charge >= 0.3 is 0 Å². The smallest absolute Gasteiger partial charge is 0.126 e. The maximum Gasteiger partial charge on any atom is 0.126 e. The third kappa shape index (κ3) is 10.7. The lowest BCUT2D eigenvalue weighted by molar-refractivity contribution is 0.304. The predicted octanol–water partition coefficient (Wildman–Crippen LogP) is 13.0. The SMILES string of the molecule is CCCOc1c2cc(N)cc1Cc1cc(C(C)(C)C)cc(c1OCCC)Cc1cc(C(C)(C)C)cc(c1OCCC)Cc1cc(C(C)(C)C)cc(c1OCCC)C2. The molecule has 0 unspecified atom stereocenters. The van der Waals surface area contributed by atoms with E-state index in [1.165, 1.54) is 38.9 Å². The first-order chi connectivity index (χ1) is 26.9. The highest BCUT2D eigenvalue weighted by molar-refractivity contribution is 5.61. The molecule has 0 saturated heterocycles. The van der Waals surface area contributed by atoms with Crippen LogP contribution in [0.5, 0.6) is 23.0 Å². The average Bonchev–Trinajstić information content (AvgIpc) is 3.11. The van der Waals surface area contributed by atoms with Crippen LogP contribution in [0.15, 0.2) is 48.5 Å². The Balaban J connectivity index is 1.97. The number of benzene rings is 4. The van der Waals surface area contributed by atoms with E-state index in [1.807, 2.05) is 0 Å². The summed E-state index contributed by atoms with van der Waals surface area (Å²) in [5.41, 5.74) is 20.4. The number of hydrogen-bond acceptors (Lipinski definition) is 5. The second-order valence-electron chi connectivity index (χ2n) is 19.4. The Kier molecular flexibility index (Phi) is 14.1. The molecular weight excluding hydrogens is 703 g/mol. The molecule has 57 heavy (non-hydrogen) atoms. The Labute approximate surface area is 346 Å². The summed E-state index contributed by atoms with van der Waals surface area (Å²) in [7, 11) is 0. The van der Waals surface area contributed by atoms with Crippen LogP contribution in [-0.4, -0.2) is 26.4 Å². The number of rotatable bonds is 12. The summed E-state index contributed by atoms with van der Waals surface area (Å²) < 4.78 is 27.4. The van der Waals surface area contributed by atoms with Crippen molar-refractivity contribution in [3.8, 4) is 23.0 Å². The van der Waals surface area contributed by atoms with E-state index in [1.54, 1.807) is 0 Å². The van der Waals surface area contributed by atoms with Gasteiger partial charge in [0.25, 0.3) is 0 Å². The second kappa shape index (κ2) is 18.2. The average molecular weight is 776 g/mol. The lowest BCUT2D eigenvalue weighted by Gasteiger charge is -2.28. The van der Waals surface area contributed by atoms with Gasteiger partial charge in [-0.05, 0) is 104 Å². The van der Waals surface area contributed by atoms with E-state index in [9.17, 15) is 0 Å². The summed E-state index contributed by atoms with van der Waals surface area (Å²) in [5, 5.41) is 0. The van der Waals surface area contributed by atoms with Crippen LogP contribution >= 0.6 is 0 Å². The predicted molar refractivity (Wildman–Crippen MR) is 241 cm³/mol. The van der Waals surface area contributed by atoms with Crippen molar-refractivity contribution in [2.75, 3.05) is 32.2 Å². The monoisotopic (exact) mass is 776 g/mol. The van der Waals surface area contributed by atoms with Crippen molar-refractivity contribution in [3.05, 3.63) is 110 Å². The maximum atomic E-state index is 6.90. The van der Waals surface area contributed by atoms with Gasteiger partial charge in [-0.15, -0.1) is 0 Å². The van der Waals surface area contributed by atoms with Gasteiger partial charge in [0.05, 0.1) is 26.4 Å². The molecule has 5 nitrogen and oxygen atoms in total. The van der Waals surface area contributed by atoms with E-state index in [-0.39, 0.29) is 16.2 Å². The first-order valence-corrected chi connectivity index (χ1v) is 21.8. The van der Waals surface area contributed by atoms with Crippen LogP contribution in [0.25, 0.3) is 0 Å². The third-order valence-corrected chi connectivity index (χ3v) is 10.9. The molecule has 1 aliphatic carbocycles. The molecule has 0 spiro atoms. The lowest BCUT2D eigenvalue weighted by Crippen LogP contribution is -2.17. The molecule has 1 aliphatic rings. The molecule has 0 atom stereocenters. The molecule has 4 aromatic carbocycles. The van der Waals surface area contributed by atoms with Gasteiger partial charge in [-0.25, -0.2) is 0 Å². The molecule has 0 fully saturated rings. The summed E-state index contributed by atoms with van der Waals surface area (Å²) in [6.07, 6.45) is 6.28. The van der Waals surface area contributed by atoms with Crippen molar-refractivity contribution < 1.29 is 18.9 Å². The summed E-state index contributed by atoms with van der Waals surface area (Å²) in [4.78, 5) is 0. The highest BCUT2D eigenvalue weighted by atomic mass is 16.5. The molecule has 0 aromatic heterocycles. The first-order valence-electron chi connectivity index (χ1n) is 21.8. The van der Waals surface area contributed by atoms with E-state index in [0.29, 0.717) is 52.1 Å². The minimum atomic E-state index is -0.0849. The van der Waals surface area contributed by atoms with Gasteiger partial charge in [0.1, 0.15) is 23.0 Å². The molecule has 5 rings (SSSR count). The van der Waals surface area contributed by atoms with E-state index in [2.05, 4.69) is 139 Å². The normalized spacial score (nSPS) is 13.4. The van der Waals surface area contributed by atoms with Crippen molar-refractivity contribution in [1.82, 2.24) is 0 Å². The zero-order chi connectivity index (χ0) is 41.7. The van der Waals surface area contributed by atoms with Gasteiger partial charge in [-0.3, -0.25) is 0 Å². The fourth-order valence-corrected chi connectivity index (χ4v) is 7.77. The van der Waals surface area contributed by atoms with Crippen molar-refractivity contribution in [2.45, 2.75) is 158 Å². The van der Waals surface area contributed by atoms with Gasteiger partial charge in [0.2, 0.25) is 0 Å². The Bertz CT molecular complexity index is 1880. The molecule has 2 N–H and O–H groups in total. The van der Waals surface area contributed by atoms with Gasteiger partial charge < -0.3 is 24.7 Å². The Morgan fingerprint density at radius 1 is 0.368 bits per heavy atom. The fourth-order valence-electron chi connectivity index (χ4n) is 7.77. The number of anilines is 1. The van der Waals surface area contributed by atoms with Gasteiger partial charge in [-0.2, -0.15) is 0 Å². The molecular formula is C52H73NO4. The molecule has 8 bridgehead atoms. The van der Waals surface area contributed by atoms with Crippen LogP contribution in [0.2, 0.25) is 0 Å². The number of nitrogen functional groups attached to an aromatic ring is 1. The van der Waals surface area contributed by atoms with Crippen LogP contribution in [0.3, 0.4) is 0 Å². The van der Waals surface area contributed by atoms with Crippen molar-refractivity contribution in [3.63, 3.8) is 0 Å². The zero-order valence-corrected chi connectivity index (χ0v) is 37.8. The van der Waals surface area contributed by atoms with Crippen molar-refractivity contribution >= 4 is 5.69 Å². The van der Waals surface area contributed by atoms with Crippen LogP contribution < -0.4 is 24.7 Å². The molecule has 0 radical (unpaired) electrons. The highest BCUT2D eigenvalue weighted by Crippen LogP contribution is 2.44. The minimum Gasteiger partial charge on any atom is -0.493 e. The minimum absolute atomic E-state index is 0.0783. The summed E-state index contributed by atoms with van der Waals surface area (Å²) >= 11 is 0. The standard InChI is InChI=1S/C52H73NO4/c1-14-18-54-46-34-22-36-28-43(51(8,9)10)30-38(47(36)55-19-15-2)24-40-32-45(53)33-41(49(40)57-21-17-4)25-39-31-44(52(11,12)13)29-37(48(39)56-20-16-3)23-35(46)27-42(26-34)50(5,6)7/h26-33H,14-25,53H2,1-13H3. The Morgan fingerprint density at radius 3 is 0.737 bits per heavy atom. The highest BCUT2D eigenvalue weighted by Gasteiger charge is 2.28. The largest absolute Gasteiger partial charge is 0.493 e. The lowest BCUT2D eigenvalue weighted by atomic mass is 9.80. The van der Waals surface area contributed by atoms with E-state index in [4.69, 9.17) is 24.7 Å². The van der Waals surface area contributed by atoms with Crippen LogP contribution in [-0.2, 0) is 41.9 Å². The van der Waals surface area contributed by atoms with Crippen LogP contribution in [0.1, 0.15) is 177 Å². The van der Waals surface area contributed by atoms with Crippen LogP contribution in [0, 0.1) is 0 Å². The fraction of sp³-hybridized carbons (Fsp3) is 0.538. The van der Waals surface area contributed by atoms with Gasteiger partial charge in [0.15, 0.2) is 0 Å². The van der Waals surface area contributed by atoms with E-state index < -0.39 is 0 Å². The third-order valence-electron chi connectivity index (χ3n) is 10.9. The second-order valence-corrected chi connectivity index (χ2v) is 19.4. The van der Waals surface area contributed by atoms with Gasteiger partial charge in [-0.1, -0.05) is 126 Å². The summed E-state index contributed by atoms with van der Waals surface area (Å²) in [5.74, 6) is 3.82. The van der Waals surface area contributed by atoms with Crippen molar-refractivity contribution in [2.24, 2.45) is 0 Å². The van der Waals surface area contributed by atoms with Crippen LogP contribution in [0.4, 0.5) is 5.69 Å². The molecule has 0 saturated carbocycles. The van der Waals surface area contributed by atoms with E-state index in [0.717, 1.165) is 76.6 Å².